The summed E-state index contributed by atoms with van der Waals surface area (Å²) in [6, 6.07) is 0. The molecule has 0 spiro atoms. The molecule has 3 aliphatic carbocycles. The highest BCUT2D eigenvalue weighted by Crippen LogP contribution is 2.43. The van der Waals surface area contributed by atoms with E-state index in [1.807, 2.05) is 0 Å². The molecule has 0 atom stereocenters. The van der Waals surface area contributed by atoms with Crippen molar-refractivity contribution in [2.24, 2.45) is 35.5 Å². The van der Waals surface area contributed by atoms with Crippen molar-refractivity contribution in [3.63, 3.8) is 0 Å². The van der Waals surface area contributed by atoms with Gasteiger partial charge in [0.1, 0.15) is 0 Å². The second-order valence-corrected chi connectivity index (χ2v) is 11.6. The summed E-state index contributed by atoms with van der Waals surface area (Å²) in [5.41, 5.74) is 0. The van der Waals surface area contributed by atoms with E-state index < -0.39 is 0 Å². The van der Waals surface area contributed by atoms with Crippen molar-refractivity contribution in [1.82, 2.24) is 0 Å². The van der Waals surface area contributed by atoms with Crippen molar-refractivity contribution in [3.8, 4) is 0 Å². The molecule has 0 aromatic heterocycles. The van der Waals surface area contributed by atoms with Crippen molar-refractivity contribution in [2.75, 3.05) is 0 Å². The Labute approximate surface area is 190 Å². The Kier molecular flexibility index (Phi) is 11.4. The zero-order valence-electron chi connectivity index (χ0n) is 20.8. The Balaban J connectivity index is 1.20. The van der Waals surface area contributed by atoms with E-state index in [0.29, 0.717) is 0 Å². The SMILES string of the molecule is C/C=C/[C@H]1CC[C@H](CCCCC2CCC([C@H]3CC[C@H](CCCCC)CC3)CC2)CC1. The topological polar surface area (TPSA) is 0 Å². The molecule has 0 radical (unpaired) electrons. The Morgan fingerprint density at radius 1 is 0.533 bits per heavy atom. The van der Waals surface area contributed by atoms with Crippen LogP contribution in [0.15, 0.2) is 12.2 Å². The zero-order chi connectivity index (χ0) is 21.0. The third kappa shape index (κ3) is 8.35. The highest BCUT2D eigenvalue weighted by Gasteiger charge is 2.30. The lowest BCUT2D eigenvalue weighted by Crippen LogP contribution is -2.26. The fourth-order valence-corrected chi connectivity index (χ4v) is 7.39. The maximum absolute atomic E-state index is 2.45. The number of rotatable bonds is 11. The van der Waals surface area contributed by atoms with E-state index in [2.05, 4.69) is 26.0 Å². The predicted molar refractivity (Wildman–Crippen MR) is 134 cm³/mol. The molecule has 0 aromatic carbocycles. The highest BCUT2D eigenvalue weighted by molar-refractivity contribution is 4.89. The number of hydrogen-bond donors (Lipinski definition) is 0. The Hall–Kier alpha value is -0.260. The van der Waals surface area contributed by atoms with Gasteiger partial charge in [-0.25, -0.2) is 0 Å². The summed E-state index contributed by atoms with van der Waals surface area (Å²) in [5, 5.41) is 0. The Morgan fingerprint density at radius 2 is 0.933 bits per heavy atom. The van der Waals surface area contributed by atoms with Crippen LogP contribution in [-0.2, 0) is 0 Å². The van der Waals surface area contributed by atoms with E-state index in [1.54, 1.807) is 57.8 Å². The smallest absolute Gasteiger partial charge is 0.0233 e. The van der Waals surface area contributed by atoms with Gasteiger partial charge in [-0.1, -0.05) is 96.1 Å². The van der Waals surface area contributed by atoms with E-state index in [-0.39, 0.29) is 0 Å². The lowest BCUT2D eigenvalue weighted by molar-refractivity contribution is 0.139. The van der Waals surface area contributed by atoms with Gasteiger partial charge in [0.25, 0.3) is 0 Å². The molecule has 0 heteroatoms. The molecular formula is C30H54. The first-order valence-electron chi connectivity index (χ1n) is 14.4. The summed E-state index contributed by atoms with van der Waals surface area (Å²) in [5.74, 6) is 6.33. The first kappa shape index (κ1) is 24.4. The molecule has 0 heterocycles. The summed E-state index contributed by atoms with van der Waals surface area (Å²) in [7, 11) is 0. The molecule has 0 unspecified atom stereocenters. The third-order valence-corrected chi connectivity index (χ3v) is 9.50. The summed E-state index contributed by atoms with van der Waals surface area (Å²) in [4.78, 5) is 0. The average Bonchev–Trinajstić information content (AvgIpc) is 2.79. The van der Waals surface area contributed by atoms with Crippen molar-refractivity contribution in [2.45, 2.75) is 142 Å². The van der Waals surface area contributed by atoms with Crippen LogP contribution in [-0.4, -0.2) is 0 Å². The first-order chi connectivity index (χ1) is 14.8. The van der Waals surface area contributed by atoms with Crippen molar-refractivity contribution in [1.29, 1.82) is 0 Å². The first-order valence-corrected chi connectivity index (χ1v) is 14.4. The van der Waals surface area contributed by atoms with Crippen LogP contribution in [0.25, 0.3) is 0 Å². The molecular weight excluding hydrogens is 360 g/mol. The van der Waals surface area contributed by atoms with Crippen LogP contribution in [0.5, 0.6) is 0 Å². The quantitative estimate of drug-likeness (QED) is 0.233. The summed E-state index contributed by atoms with van der Waals surface area (Å²) in [6.45, 7) is 4.52. The minimum Gasteiger partial charge on any atom is -0.0914 e. The van der Waals surface area contributed by atoms with E-state index in [4.69, 9.17) is 0 Å². The zero-order valence-corrected chi connectivity index (χ0v) is 20.8. The third-order valence-electron chi connectivity index (χ3n) is 9.50. The van der Waals surface area contributed by atoms with E-state index in [0.717, 1.165) is 35.5 Å². The molecule has 3 aliphatic rings. The van der Waals surface area contributed by atoms with Crippen LogP contribution < -0.4 is 0 Å². The fraction of sp³-hybridized carbons (Fsp3) is 0.933. The largest absolute Gasteiger partial charge is 0.0914 e. The summed E-state index contributed by atoms with van der Waals surface area (Å²) >= 11 is 0. The second-order valence-electron chi connectivity index (χ2n) is 11.6. The van der Waals surface area contributed by atoms with Crippen LogP contribution in [0.1, 0.15) is 142 Å². The monoisotopic (exact) mass is 414 g/mol. The van der Waals surface area contributed by atoms with Gasteiger partial charge < -0.3 is 0 Å². The average molecular weight is 415 g/mol. The maximum Gasteiger partial charge on any atom is -0.0233 e. The maximum atomic E-state index is 2.45. The molecule has 3 saturated carbocycles. The molecule has 3 rings (SSSR count). The van der Waals surface area contributed by atoms with Gasteiger partial charge in [0.2, 0.25) is 0 Å². The van der Waals surface area contributed by atoms with Gasteiger partial charge in [0.15, 0.2) is 0 Å². The standard InChI is InChI=1S/C30H54/c1-3-5-6-10-27-17-21-29(22-18-27)30-23-19-28(20-24-30)12-8-7-11-26-15-13-25(9-4-2)14-16-26/h4,9,25-30H,3,5-8,10-24H2,1-2H3/b9-4+/t25-,26-,27-,28?,29-,30?. The Bertz CT molecular complexity index is 439. The Morgan fingerprint density at radius 3 is 1.33 bits per heavy atom. The van der Waals surface area contributed by atoms with Gasteiger partial charge in [-0.3, -0.25) is 0 Å². The van der Waals surface area contributed by atoms with Gasteiger partial charge >= 0.3 is 0 Å². The van der Waals surface area contributed by atoms with Crippen LogP contribution in [0.2, 0.25) is 0 Å². The van der Waals surface area contributed by atoms with Crippen molar-refractivity contribution >= 4 is 0 Å². The van der Waals surface area contributed by atoms with E-state index in [9.17, 15) is 0 Å². The van der Waals surface area contributed by atoms with E-state index in [1.165, 1.54) is 70.6 Å². The van der Waals surface area contributed by atoms with Crippen LogP contribution in [0, 0.1) is 35.5 Å². The minimum atomic E-state index is 0.901. The molecule has 0 N–H and O–H groups in total. The summed E-state index contributed by atoms with van der Waals surface area (Å²) < 4.78 is 0. The molecule has 0 nitrogen and oxygen atoms in total. The van der Waals surface area contributed by atoms with Crippen molar-refractivity contribution in [3.05, 3.63) is 12.2 Å². The van der Waals surface area contributed by atoms with Crippen LogP contribution in [0.3, 0.4) is 0 Å². The number of unbranched alkanes of at least 4 members (excludes halogenated alkanes) is 3. The summed E-state index contributed by atoms with van der Waals surface area (Å²) in [6.07, 6.45) is 35.2. The highest BCUT2D eigenvalue weighted by atomic mass is 14.4. The molecule has 0 aromatic rings. The van der Waals surface area contributed by atoms with Gasteiger partial charge in [-0.05, 0) is 93.8 Å². The number of allylic oxidation sites excluding steroid dienone is 2. The van der Waals surface area contributed by atoms with E-state index >= 15 is 0 Å². The molecule has 0 bridgehead atoms. The van der Waals surface area contributed by atoms with Crippen LogP contribution in [0.4, 0.5) is 0 Å². The second kappa shape index (κ2) is 14.0. The fourth-order valence-electron chi connectivity index (χ4n) is 7.39. The van der Waals surface area contributed by atoms with Gasteiger partial charge in [0.05, 0.1) is 0 Å². The molecule has 0 amide bonds. The lowest BCUT2D eigenvalue weighted by atomic mass is 9.68. The van der Waals surface area contributed by atoms with Crippen molar-refractivity contribution < 1.29 is 0 Å². The molecule has 3 fully saturated rings. The number of hydrogen-bond acceptors (Lipinski definition) is 0. The van der Waals surface area contributed by atoms with Gasteiger partial charge in [-0.2, -0.15) is 0 Å². The normalized spacial score (nSPS) is 35.7. The predicted octanol–water partition coefficient (Wildman–Crippen LogP) is 10.1. The molecule has 0 saturated heterocycles. The molecule has 30 heavy (non-hydrogen) atoms. The van der Waals surface area contributed by atoms with Crippen LogP contribution >= 0.6 is 0 Å². The minimum absolute atomic E-state index is 0.901. The lowest BCUT2D eigenvalue weighted by Gasteiger charge is -2.38. The molecule has 174 valence electrons. The molecule has 0 aliphatic heterocycles. The van der Waals surface area contributed by atoms with Gasteiger partial charge in [0, 0.05) is 0 Å². The van der Waals surface area contributed by atoms with Gasteiger partial charge in [-0.15, -0.1) is 0 Å².